The first kappa shape index (κ1) is 72.6. The van der Waals surface area contributed by atoms with Gasteiger partial charge in [0.15, 0.2) is 0 Å². The number of hydrogen-bond acceptors (Lipinski definition) is 8. The van der Waals surface area contributed by atoms with Crippen LogP contribution in [0.4, 0.5) is 211 Å². The molecule has 0 heterocycles. The van der Waals surface area contributed by atoms with Gasteiger partial charge in [-0.1, -0.05) is 17.9 Å². The lowest BCUT2D eigenvalue weighted by Gasteiger charge is -2.79. The Morgan fingerprint density at radius 2 is 0.366 bits per heavy atom. The van der Waals surface area contributed by atoms with Crippen molar-refractivity contribution < 1.29 is 240 Å². The summed E-state index contributed by atoms with van der Waals surface area (Å²) in [5, 5.41) is 5.89. The van der Waals surface area contributed by atoms with Gasteiger partial charge in [0.25, 0.3) is 22.4 Å². The minimum Gasteiger partial charge on any atom is -0.350 e. The summed E-state index contributed by atoms with van der Waals surface area (Å²) in [5.74, 6) is -147. The zero-order valence-corrected chi connectivity index (χ0v) is 34.6. The van der Waals surface area contributed by atoms with Gasteiger partial charge >= 0.3 is 132 Å². The second kappa shape index (κ2) is 17.1. The third-order valence-electron chi connectivity index (χ3n) is 11.5. The van der Waals surface area contributed by atoms with Crippen molar-refractivity contribution in [3.05, 3.63) is 0 Å². The third kappa shape index (κ3) is 7.02. The molecule has 0 aromatic carbocycles. The monoisotopic (exact) mass is 1350 g/mol. The van der Waals surface area contributed by atoms with Crippen molar-refractivity contribution in [2.24, 2.45) is 0 Å². The molecule has 0 amide bonds. The van der Waals surface area contributed by atoms with Crippen LogP contribution in [0.25, 0.3) is 0 Å². The van der Waals surface area contributed by atoms with Crippen LogP contribution in [-0.2, 0) is 18.9 Å². The Hall–Kier alpha value is -3.68. The van der Waals surface area contributed by atoms with E-state index in [-0.39, 0.29) is 0 Å². The van der Waals surface area contributed by atoms with Crippen molar-refractivity contribution in [1.29, 1.82) is 0 Å². The molecular formula is C26H2F48N2O6. The first-order valence-electron chi connectivity index (χ1n) is 17.5. The SMILES string of the molecule is OC(F)(C(F)(F)OC12C(F)(F)C3(OC(F)(F)C(O)(F)C(F)(F)C(F)(F)F)C(F)(F)C(OC(F)(F)C(F)(N(F)F)C(F)(F)C(F)(F)F)(C1(F)F)C(F)(F)C(OC(F)(F)C(F)(N(F)F)C(F)(F)C(F)(F)F)(C2(F)F)C3(F)F)C(F)(F)C(F)(F)F. The maximum absolute atomic E-state index is 16.9. The fourth-order valence-electron chi connectivity index (χ4n) is 7.55. The summed E-state index contributed by atoms with van der Waals surface area (Å²) in [6.07, 6.45) is -78.7. The first-order chi connectivity index (χ1) is 34.7. The molecule has 4 aliphatic rings. The van der Waals surface area contributed by atoms with Gasteiger partial charge in [-0.3, -0.25) is 18.9 Å². The molecule has 0 radical (unpaired) electrons. The lowest BCUT2D eigenvalue weighted by molar-refractivity contribution is -0.694. The zero-order valence-electron chi connectivity index (χ0n) is 34.6. The molecule has 2 N–H and O–H groups in total. The van der Waals surface area contributed by atoms with Crippen molar-refractivity contribution in [2.45, 2.75) is 154 Å². The molecule has 4 aliphatic carbocycles. The number of ether oxygens (including phenoxy) is 4. The maximum Gasteiger partial charge on any atom is 0.459 e. The summed E-state index contributed by atoms with van der Waals surface area (Å²) < 4.78 is 712. The van der Waals surface area contributed by atoms with Crippen LogP contribution in [0.3, 0.4) is 0 Å². The number of hydrogen-bond donors (Lipinski definition) is 2. The molecule has 0 aromatic rings. The Labute approximate surface area is 406 Å². The quantitative estimate of drug-likeness (QED) is 0.0798. The Morgan fingerprint density at radius 3 is 0.488 bits per heavy atom. The predicted octanol–water partition coefficient (Wildman–Crippen LogP) is 12.8. The van der Waals surface area contributed by atoms with Crippen molar-refractivity contribution in [2.75, 3.05) is 0 Å². The summed E-state index contributed by atoms with van der Waals surface area (Å²) >= 11 is 0. The van der Waals surface area contributed by atoms with Crippen LogP contribution in [-0.4, -0.2) is 175 Å². The lowest BCUT2D eigenvalue weighted by atomic mass is 9.38. The number of nitrogens with zero attached hydrogens (tertiary/aromatic N) is 2. The highest BCUT2D eigenvalue weighted by Crippen LogP contribution is 2.90. The maximum atomic E-state index is 16.9. The van der Waals surface area contributed by atoms with Crippen LogP contribution in [0.1, 0.15) is 0 Å². The topological polar surface area (TPSA) is 83.9 Å². The summed E-state index contributed by atoms with van der Waals surface area (Å²) in [6.45, 7) is 0. The molecule has 0 aromatic heterocycles. The predicted molar refractivity (Wildman–Crippen MR) is 137 cm³/mol. The Balaban J connectivity index is 3.29. The highest BCUT2D eigenvalue weighted by molar-refractivity contribution is 5.56. The molecule has 82 heavy (non-hydrogen) atoms. The summed E-state index contributed by atoms with van der Waals surface area (Å²) in [4.78, 5) is 0. The van der Waals surface area contributed by atoms with E-state index < -0.39 is 165 Å². The molecule has 8 nitrogen and oxygen atoms in total. The van der Waals surface area contributed by atoms with Gasteiger partial charge in [0.1, 0.15) is 0 Å². The van der Waals surface area contributed by atoms with E-state index in [4.69, 9.17) is 10.2 Å². The van der Waals surface area contributed by atoms with Gasteiger partial charge in [0.2, 0.25) is 0 Å². The van der Waals surface area contributed by atoms with Gasteiger partial charge in [-0.15, -0.1) is 0 Å². The third-order valence-corrected chi connectivity index (χ3v) is 11.5. The Morgan fingerprint density at radius 1 is 0.232 bits per heavy atom. The smallest absolute Gasteiger partial charge is 0.350 e. The van der Waals surface area contributed by atoms with E-state index in [1.165, 1.54) is 0 Å². The highest BCUT2D eigenvalue weighted by atomic mass is 19.5. The van der Waals surface area contributed by atoms with Crippen LogP contribution in [0, 0.1) is 0 Å². The fourth-order valence-corrected chi connectivity index (χ4v) is 7.55. The average molecular weight is 1350 g/mol. The van der Waals surface area contributed by atoms with E-state index in [0.29, 0.717) is 9.47 Å². The second-order valence-corrected chi connectivity index (χ2v) is 15.9. The Kier molecular flexibility index (Phi) is 15.1. The molecule has 4 atom stereocenters. The molecule has 488 valence electrons. The first-order valence-corrected chi connectivity index (χ1v) is 17.5. The Bertz CT molecular complexity index is 2250. The zero-order chi connectivity index (χ0) is 67.0. The second-order valence-electron chi connectivity index (χ2n) is 15.9. The van der Waals surface area contributed by atoms with E-state index in [0.717, 1.165) is 9.47 Å². The molecule has 56 heteroatoms. The normalized spacial score (nSPS) is 31.2. The minimum atomic E-state index is -11.5. The van der Waals surface area contributed by atoms with Crippen molar-refractivity contribution in [3.8, 4) is 0 Å². The molecular weight excluding hydrogens is 1350 g/mol. The summed E-state index contributed by atoms with van der Waals surface area (Å²) in [6, 6.07) is 0. The standard InChI is InChI=1S/C26H2F48N2O6/c27-5(28)1(79-23(63,64)15(47,75(71)72)11(39,40)19(51,52)53)6(29,30)3(81-25(67,68)17(49,77)13(43,44)21(57,58)59)8(33,34)2(5,80-24(65,66)16(48,76(73)74)12(41,42)20(54,55)56)9(35,36)4(7(1,31)32,10(3,37)38)82-26(69,70)18(50,78)14(45,46)22(60,61)62/h77-78H. The van der Waals surface area contributed by atoms with Gasteiger partial charge in [-0.25, -0.2) is 8.78 Å². The van der Waals surface area contributed by atoms with Crippen LogP contribution in [0.15, 0.2) is 0 Å². The molecule has 4 saturated carbocycles. The number of alkyl halides is 44. The molecule has 0 aliphatic heterocycles. The van der Waals surface area contributed by atoms with Crippen LogP contribution in [0.5, 0.6) is 0 Å². The van der Waals surface area contributed by atoms with E-state index >= 15 is 96.6 Å². The van der Waals surface area contributed by atoms with Crippen molar-refractivity contribution in [3.63, 3.8) is 0 Å². The number of halogens is 48. The summed E-state index contributed by atoms with van der Waals surface area (Å²) in [5.41, 5.74) is -45.8. The molecule has 4 rings (SSSR count). The van der Waals surface area contributed by atoms with E-state index in [1.807, 2.05) is 0 Å². The van der Waals surface area contributed by atoms with E-state index in [2.05, 4.69) is 0 Å². The van der Waals surface area contributed by atoms with Gasteiger partial charge in [-0.2, -0.15) is 184 Å². The van der Waals surface area contributed by atoms with Crippen molar-refractivity contribution >= 4 is 0 Å². The van der Waals surface area contributed by atoms with Gasteiger partial charge in [0.05, 0.1) is 10.7 Å². The molecule has 0 saturated heterocycles. The molecule has 0 spiro atoms. The van der Waals surface area contributed by atoms with E-state index in [9.17, 15) is 115 Å². The van der Waals surface area contributed by atoms with Crippen LogP contribution < -0.4 is 0 Å². The average Bonchev–Trinajstić information content (AvgIpc) is 3.20. The molecule has 4 bridgehead atoms. The van der Waals surface area contributed by atoms with Gasteiger partial charge in [-0.05, 0) is 0 Å². The van der Waals surface area contributed by atoms with E-state index in [1.54, 1.807) is 0 Å². The molecule has 4 fully saturated rings. The number of aliphatic hydroxyl groups is 2. The van der Waals surface area contributed by atoms with Gasteiger partial charge < -0.3 is 10.2 Å². The minimum absolute atomic E-state index is 0.675. The van der Waals surface area contributed by atoms with Gasteiger partial charge in [0, 0.05) is 0 Å². The number of rotatable bonds is 18. The summed E-state index contributed by atoms with van der Waals surface area (Å²) in [7, 11) is 0. The highest BCUT2D eigenvalue weighted by Gasteiger charge is 3.25. The largest absolute Gasteiger partial charge is 0.459 e. The van der Waals surface area contributed by atoms with Crippen LogP contribution >= 0.6 is 0 Å². The fraction of sp³-hybridized carbons (Fsp3) is 1.00. The van der Waals surface area contributed by atoms with Crippen LogP contribution in [0.2, 0.25) is 0 Å². The van der Waals surface area contributed by atoms with Crippen molar-refractivity contribution in [1.82, 2.24) is 10.7 Å². The lowest BCUT2D eigenvalue weighted by Crippen LogP contribution is -3.13. The molecule has 4 unspecified atom stereocenters.